The maximum absolute atomic E-state index is 11.1. The van der Waals surface area contributed by atoms with E-state index in [1.165, 1.54) is 6.92 Å². The Bertz CT molecular complexity index is 479. The largest absolute Gasteiger partial charge is 0.513 e. The molecule has 0 spiro atoms. The Hall–Kier alpha value is -1.38. The van der Waals surface area contributed by atoms with Crippen molar-refractivity contribution in [2.45, 2.75) is 27.3 Å². The first-order valence-corrected chi connectivity index (χ1v) is 6.61. The van der Waals surface area contributed by atoms with Crippen molar-refractivity contribution in [2.75, 3.05) is 25.1 Å². The van der Waals surface area contributed by atoms with Gasteiger partial charge in [0.05, 0.1) is 18.7 Å². The monoisotopic (exact) mass is 281 g/mol. The molecule has 2 rings (SSSR count). The molecule has 1 aromatic heterocycles. The van der Waals surface area contributed by atoms with E-state index in [1.807, 2.05) is 0 Å². The normalized spacial score (nSPS) is 18.1. The van der Waals surface area contributed by atoms with Crippen molar-refractivity contribution in [3.05, 3.63) is 6.07 Å². The summed E-state index contributed by atoms with van der Waals surface area (Å²) < 4.78 is 13.0. The lowest BCUT2D eigenvalue weighted by molar-refractivity contribution is -0.114. The van der Waals surface area contributed by atoms with E-state index in [0.717, 1.165) is 0 Å². The van der Waals surface area contributed by atoms with Crippen LogP contribution in [0, 0.1) is 5.41 Å². The molecule has 0 unspecified atom stereocenters. The molecule has 1 aliphatic rings. The van der Waals surface area contributed by atoms with Gasteiger partial charge in [0.25, 0.3) is 0 Å². The number of amides is 1. The highest BCUT2D eigenvalue weighted by Crippen LogP contribution is 2.21. The number of aliphatic hydroxyl groups is 1. The number of rotatable bonds is 4. The molecular formula is C12H20BN3O4. The molecule has 0 saturated carbocycles. The van der Waals surface area contributed by atoms with Gasteiger partial charge in [0.15, 0.2) is 5.82 Å². The summed E-state index contributed by atoms with van der Waals surface area (Å²) in [5, 5.41) is 15.9. The molecule has 1 fully saturated rings. The third kappa shape index (κ3) is 3.59. The Kier molecular flexibility index (Phi) is 4.47. The van der Waals surface area contributed by atoms with Crippen LogP contribution in [0.5, 0.6) is 0 Å². The Morgan fingerprint density at radius 2 is 2.20 bits per heavy atom. The van der Waals surface area contributed by atoms with E-state index in [0.29, 0.717) is 31.2 Å². The summed E-state index contributed by atoms with van der Waals surface area (Å²) >= 11 is 0. The fraction of sp³-hybridized carbons (Fsp3) is 0.667. The lowest BCUT2D eigenvalue weighted by Crippen LogP contribution is -2.50. The van der Waals surface area contributed by atoms with Crippen molar-refractivity contribution in [3.63, 3.8) is 0 Å². The molecule has 0 atom stereocenters. The minimum Gasteiger partial charge on any atom is -0.406 e. The highest BCUT2D eigenvalue weighted by molar-refractivity contribution is 6.60. The second-order valence-corrected chi connectivity index (χ2v) is 5.70. The molecule has 8 heteroatoms. The van der Waals surface area contributed by atoms with Gasteiger partial charge in [0, 0.05) is 31.6 Å². The molecule has 0 aliphatic carbocycles. The summed E-state index contributed by atoms with van der Waals surface area (Å²) in [7, 11) is -0.524. The SMILES string of the molecule is CC(=O)Nc1cc(B2OCC(C)(C)CO2)n(CCO)n1. The van der Waals surface area contributed by atoms with Crippen LogP contribution in [0.25, 0.3) is 0 Å². The van der Waals surface area contributed by atoms with Gasteiger partial charge in [-0.15, -0.1) is 0 Å². The predicted octanol–water partition coefficient (Wildman–Crippen LogP) is -0.398. The molecule has 2 N–H and O–H groups in total. The maximum Gasteiger partial charge on any atom is 0.513 e. The van der Waals surface area contributed by atoms with Gasteiger partial charge in [-0.25, -0.2) is 0 Å². The van der Waals surface area contributed by atoms with Gasteiger partial charge in [-0.1, -0.05) is 13.8 Å². The van der Waals surface area contributed by atoms with Gasteiger partial charge in [-0.05, 0) is 0 Å². The summed E-state index contributed by atoms with van der Waals surface area (Å²) in [6, 6.07) is 1.71. The van der Waals surface area contributed by atoms with Crippen molar-refractivity contribution < 1.29 is 19.2 Å². The van der Waals surface area contributed by atoms with Crippen LogP contribution < -0.4 is 10.9 Å². The second kappa shape index (κ2) is 5.95. The van der Waals surface area contributed by atoms with Crippen LogP contribution in [0.15, 0.2) is 6.07 Å². The number of carbonyl (C=O) groups excluding carboxylic acids is 1. The van der Waals surface area contributed by atoms with E-state index in [9.17, 15) is 4.79 Å². The maximum atomic E-state index is 11.1. The summed E-state index contributed by atoms with van der Waals surface area (Å²) in [5.41, 5.74) is 0.678. The van der Waals surface area contributed by atoms with Gasteiger partial charge in [0.2, 0.25) is 5.91 Å². The van der Waals surface area contributed by atoms with Crippen LogP contribution in [-0.4, -0.2) is 47.7 Å². The number of aliphatic hydroxyl groups excluding tert-OH is 1. The molecule has 1 aliphatic heterocycles. The van der Waals surface area contributed by atoms with Crippen LogP contribution in [0.3, 0.4) is 0 Å². The van der Waals surface area contributed by atoms with Gasteiger partial charge in [0.1, 0.15) is 0 Å². The molecule has 110 valence electrons. The summed E-state index contributed by atoms with van der Waals surface area (Å²) in [5.74, 6) is 0.231. The number of nitrogens with one attached hydrogen (secondary N) is 1. The zero-order chi connectivity index (χ0) is 14.8. The van der Waals surface area contributed by atoms with Gasteiger partial charge < -0.3 is 19.7 Å². The number of hydrogen-bond acceptors (Lipinski definition) is 5. The lowest BCUT2D eigenvalue weighted by Gasteiger charge is -2.33. The standard InChI is InChI=1S/C12H20BN3O4/c1-9(18)14-11-6-10(16(15-11)4-5-17)13-19-7-12(2,3)8-20-13/h6,17H,4-5,7-8H2,1-3H3,(H,14,15,18). The summed E-state index contributed by atoms with van der Waals surface area (Å²) in [4.78, 5) is 11.1. The summed E-state index contributed by atoms with van der Waals surface area (Å²) in [6.07, 6.45) is 0. The first-order valence-electron chi connectivity index (χ1n) is 6.61. The van der Waals surface area contributed by atoms with Crippen molar-refractivity contribution in [1.82, 2.24) is 9.78 Å². The van der Waals surface area contributed by atoms with Crippen LogP contribution >= 0.6 is 0 Å². The second-order valence-electron chi connectivity index (χ2n) is 5.70. The van der Waals surface area contributed by atoms with E-state index in [2.05, 4.69) is 24.3 Å². The van der Waals surface area contributed by atoms with Crippen molar-refractivity contribution >= 4 is 24.4 Å². The van der Waals surface area contributed by atoms with E-state index in [4.69, 9.17) is 14.4 Å². The first-order chi connectivity index (χ1) is 9.41. The molecule has 7 nitrogen and oxygen atoms in total. The van der Waals surface area contributed by atoms with Gasteiger partial charge >= 0.3 is 7.12 Å². The summed E-state index contributed by atoms with van der Waals surface area (Å²) in [6.45, 7) is 6.98. The van der Waals surface area contributed by atoms with Crippen LogP contribution in [0.2, 0.25) is 0 Å². The molecule has 0 radical (unpaired) electrons. The smallest absolute Gasteiger partial charge is 0.406 e. The third-order valence-electron chi connectivity index (χ3n) is 2.92. The zero-order valence-corrected chi connectivity index (χ0v) is 12.0. The van der Waals surface area contributed by atoms with Crippen molar-refractivity contribution in [3.8, 4) is 0 Å². The van der Waals surface area contributed by atoms with E-state index in [-0.39, 0.29) is 17.9 Å². The Morgan fingerprint density at radius 1 is 1.55 bits per heavy atom. The molecule has 1 amide bonds. The lowest BCUT2D eigenvalue weighted by atomic mass is 9.80. The van der Waals surface area contributed by atoms with E-state index >= 15 is 0 Å². The first kappa shape index (κ1) is 15.0. The third-order valence-corrected chi connectivity index (χ3v) is 2.92. The number of carbonyl (C=O) groups is 1. The van der Waals surface area contributed by atoms with Crippen molar-refractivity contribution in [2.24, 2.45) is 5.41 Å². The molecular weight excluding hydrogens is 261 g/mol. The van der Waals surface area contributed by atoms with Crippen LogP contribution in [0.1, 0.15) is 20.8 Å². The Labute approximate surface area is 118 Å². The van der Waals surface area contributed by atoms with Gasteiger partial charge in [-0.3, -0.25) is 9.48 Å². The average molecular weight is 281 g/mol. The van der Waals surface area contributed by atoms with E-state index < -0.39 is 7.12 Å². The minimum atomic E-state index is -0.524. The number of anilines is 1. The molecule has 0 bridgehead atoms. The van der Waals surface area contributed by atoms with E-state index in [1.54, 1.807) is 10.7 Å². The van der Waals surface area contributed by atoms with Crippen LogP contribution in [0.4, 0.5) is 5.82 Å². The molecule has 2 heterocycles. The Balaban J connectivity index is 2.16. The highest BCUT2D eigenvalue weighted by atomic mass is 16.6. The minimum absolute atomic E-state index is 0.0151. The van der Waals surface area contributed by atoms with Crippen LogP contribution in [-0.2, 0) is 20.6 Å². The average Bonchev–Trinajstić information content (AvgIpc) is 2.71. The number of hydrogen-bond donors (Lipinski definition) is 2. The van der Waals surface area contributed by atoms with Crippen molar-refractivity contribution in [1.29, 1.82) is 0 Å². The quantitative estimate of drug-likeness (QED) is 0.734. The van der Waals surface area contributed by atoms with Gasteiger partial charge in [-0.2, -0.15) is 5.10 Å². The molecule has 0 aromatic carbocycles. The Morgan fingerprint density at radius 3 is 2.75 bits per heavy atom. The molecule has 20 heavy (non-hydrogen) atoms. The highest BCUT2D eigenvalue weighted by Gasteiger charge is 2.36. The molecule has 1 aromatic rings. The number of nitrogens with zero attached hydrogens (tertiary/aromatic N) is 2. The fourth-order valence-corrected chi connectivity index (χ4v) is 2.00. The fourth-order valence-electron chi connectivity index (χ4n) is 2.00. The number of aromatic nitrogens is 2. The predicted molar refractivity (Wildman–Crippen MR) is 74.7 cm³/mol. The topological polar surface area (TPSA) is 85.6 Å². The molecule has 1 saturated heterocycles. The zero-order valence-electron chi connectivity index (χ0n) is 12.0.